The molecule has 15 heavy (non-hydrogen) atoms. The zero-order valence-corrected chi connectivity index (χ0v) is 10.1. The van der Waals surface area contributed by atoms with E-state index in [4.69, 9.17) is 0 Å². The molecule has 0 unspecified atom stereocenters. The average Bonchev–Trinajstić information content (AvgIpc) is 2.28. The van der Waals surface area contributed by atoms with Crippen molar-refractivity contribution in [2.45, 2.75) is 12.8 Å². The molecule has 0 bridgehead atoms. The third-order valence-electron chi connectivity index (χ3n) is 2.43. The number of benzene rings is 2. The minimum atomic E-state index is 1.10. The molecule has 0 fully saturated rings. The topological polar surface area (TPSA) is 0 Å². The highest BCUT2D eigenvalue weighted by Gasteiger charge is 1.95. The van der Waals surface area contributed by atoms with E-state index >= 15 is 0 Å². The summed E-state index contributed by atoms with van der Waals surface area (Å²) in [6.45, 7) is 0. The first kappa shape index (κ1) is 10.4. The third kappa shape index (κ3) is 3.21. The summed E-state index contributed by atoms with van der Waals surface area (Å²) >= 11 is 3.49. The summed E-state index contributed by atoms with van der Waals surface area (Å²) < 4.78 is 1.16. The van der Waals surface area contributed by atoms with E-state index in [9.17, 15) is 0 Å². The van der Waals surface area contributed by atoms with Crippen molar-refractivity contribution in [3.63, 3.8) is 0 Å². The molecule has 0 saturated carbocycles. The Kier molecular flexibility index (Phi) is 3.57. The van der Waals surface area contributed by atoms with Gasteiger partial charge in [0, 0.05) is 4.47 Å². The van der Waals surface area contributed by atoms with Gasteiger partial charge in [0.15, 0.2) is 0 Å². The predicted octanol–water partition coefficient (Wildman–Crippen LogP) is 4.23. The zero-order chi connectivity index (χ0) is 10.5. The van der Waals surface area contributed by atoms with Gasteiger partial charge in [-0.3, -0.25) is 0 Å². The molecule has 0 atom stereocenters. The van der Waals surface area contributed by atoms with Gasteiger partial charge in [0.2, 0.25) is 0 Å². The molecule has 0 aromatic heterocycles. The van der Waals surface area contributed by atoms with Crippen LogP contribution in [0, 0.1) is 0 Å². The standard InChI is InChI=1S/C14H13Br/c15-14-8-4-7-13(11-14)10-9-12-5-2-1-3-6-12/h1-8,11H,9-10H2. The lowest BCUT2D eigenvalue weighted by atomic mass is 10.0. The van der Waals surface area contributed by atoms with Gasteiger partial charge in [-0.25, -0.2) is 0 Å². The monoisotopic (exact) mass is 260 g/mol. The normalized spacial score (nSPS) is 10.2. The van der Waals surface area contributed by atoms with Crippen molar-refractivity contribution in [3.8, 4) is 0 Å². The third-order valence-corrected chi connectivity index (χ3v) is 2.93. The Morgan fingerprint density at radius 2 is 1.40 bits per heavy atom. The van der Waals surface area contributed by atoms with Crippen LogP contribution in [-0.4, -0.2) is 0 Å². The van der Waals surface area contributed by atoms with E-state index in [1.165, 1.54) is 11.1 Å². The van der Waals surface area contributed by atoms with Crippen molar-refractivity contribution in [2.24, 2.45) is 0 Å². The molecule has 0 aliphatic carbocycles. The molecule has 76 valence electrons. The number of rotatable bonds is 3. The molecule has 1 heteroatoms. The highest BCUT2D eigenvalue weighted by atomic mass is 79.9. The molecule has 0 spiro atoms. The SMILES string of the molecule is Brc1cccc(CCc2ccccc2)c1. The Hall–Kier alpha value is -1.08. The van der Waals surface area contributed by atoms with Crippen LogP contribution >= 0.6 is 15.9 Å². The van der Waals surface area contributed by atoms with Crippen LogP contribution in [0.5, 0.6) is 0 Å². The lowest BCUT2D eigenvalue weighted by Crippen LogP contribution is -1.90. The van der Waals surface area contributed by atoms with Crippen molar-refractivity contribution in [1.82, 2.24) is 0 Å². The second-order valence-electron chi connectivity index (χ2n) is 3.62. The zero-order valence-electron chi connectivity index (χ0n) is 8.49. The summed E-state index contributed by atoms with van der Waals surface area (Å²) in [6.07, 6.45) is 2.21. The Balaban J connectivity index is 1.99. The summed E-state index contributed by atoms with van der Waals surface area (Å²) in [5.41, 5.74) is 2.78. The van der Waals surface area contributed by atoms with Gasteiger partial charge in [-0.2, -0.15) is 0 Å². The lowest BCUT2D eigenvalue weighted by Gasteiger charge is -2.02. The van der Waals surface area contributed by atoms with E-state index in [0.717, 1.165) is 17.3 Å². The number of halogens is 1. The first-order valence-electron chi connectivity index (χ1n) is 5.13. The fraction of sp³-hybridized carbons (Fsp3) is 0.143. The van der Waals surface area contributed by atoms with Crippen molar-refractivity contribution in [2.75, 3.05) is 0 Å². The number of hydrogen-bond donors (Lipinski definition) is 0. The fourth-order valence-electron chi connectivity index (χ4n) is 1.63. The fourth-order valence-corrected chi connectivity index (χ4v) is 2.07. The van der Waals surface area contributed by atoms with Crippen LogP contribution in [0.3, 0.4) is 0 Å². The maximum absolute atomic E-state index is 3.49. The van der Waals surface area contributed by atoms with Crippen LogP contribution in [0.2, 0.25) is 0 Å². The smallest absolute Gasteiger partial charge is 0.0177 e. The molecule has 2 aromatic carbocycles. The highest BCUT2D eigenvalue weighted by molar-refractivity contribution is 9.10. The van der Waals surface area contributed by atoms with Gasteiger partial charge in [0.25, 0.3) is 0 Å². The Bertz CT molecular complexity index is 420. The summed E-state index contributed by atoms with van der Waals surface area (Å²) in [5.74, 6) is 0. The second-order valence-corrected chi connectivity index (χ2v) is 4.53. The van der Waals surface area contributed by atoms with Gasteiger partial charge in [-0.05, 0) is 36.1 Å². The summed E-state index contributed by atoms with van der Waals surface area (Å²) in [4.78, 5) is 0. The molecule has 0 heterocycles. The van der Waals surface area contributed by atoms with E-state index in [1.807, 2.05) is 0 Å². The number of hydrogen-bond acceptors (Lipinski definition) is 0. The predicted molar refractivity (Wildman–Crippen MR) is 68.0 cm³/mol. The second kappa shape index (κ2) is 5.13. The molecule has 0 saturated heterocycles. The molecule has 0 radical (unpaired) electrons. The first-order chi connectivity index (χ1) is 7.34. The molecule has 2 rings (SSSR count). The van der Waals surface area contributed by atoms with Crippen LogP contribution < -0.4 is 0 Å². The van der Waals surface area contributed by atoms with Crippen LogP contribution in [0.4, 0.5) is 0 Å². The molecular weight excluding hydrogens is 248 g/mol. The van der Waals surface area contributed by atoms with E-state index in [2.05, 4.69) is 70.5 Å². The van der Waals surface area contributed by atoms with Crippen molar-refractivity contribution >= 4 is 15.9 Å². The Labute approximate surface area is 99.1 Å². The minimum Gasteiger partial charge on any atom is -0.0622 e. The van der Waals surface area contributed by atoms with Crippen LogP contribution in [0.15, 0.2) is 59.1 Å². The first-order valence-corrected chi connectivity index (χ1v) is 5.92. The summed E-state index contributed by atoms with van der Waals surface area (Å²) in [7, 11) is 0. The summed E-state index contributed by atoms with van der Waals surface area (Å²) in [5, 5.41) is 0. The highest BCUT2D eigenvalue weighted by Crippen LogP contribution is 2.13. The molecule has 0 N–H and O–H groups in total. The molecular formula is C14H13Br. The molecule has 0 amide bonds. The Morgan fingerprint density at radius 3 is 2.13 bits per heavy atom. The van der Waals surface area contributed by atoms with Crippen molar-refractivity contribution in [3.05, 3.63) is 70.2 Å². The molecule has 2 aromatic rings. The largest absolute Gasteiger partial charge is 0.0622 e. The van der Waals surface area contributed by atoms with E-state index in [1.54, 1.807) is 0 Å². The minimum absolute atomic E-state index is 1.10. The van der Waals surface area contributed by atoms with E-state index in [-0.39, 0.29) is 0 Å². The van der Waals surface area contributed by atoms with E-state index in [0.29, 0.717) is 0 Å². The average molecular weight is 261 g/mol. The quantitative estimate of drug-likeness (QED) is 0.775. The lowest BCUT2D eigenvalue weighted by molar-refractivity contribution is 0.959. The van der Waals surface area contributed by atoms with Crippen LogP contribution in [0.1, 0.15) is 11.1 Å². The van der Waals surface area contributed by atoms with Crippen molar-refractivity contribution < 1.29 is 0 Å². The maximum Gasteiger partial charge on any atom is 0.0177 e. The maximum atomic E-state index is 3.49. The summed E-state index contributed by atoms with van der Waals surface area (Å²) in [6, 6.07) is 19.1. The van der Waals surface area contributed by atoms with Crippen LogP contribution in [-0.2, 0) is 12.8 Å². The Morgan fingerprint density at radius 1 is 0.733 bits per heavy atom. The van der Waals surface area contributed by atoms with Gasteiger partial charge in [0.1, 0.15) is 0 Å². The van der Waals surface area contributed by atoms with Gasteiger partial charge in [0.05, 0.1) is 0 Å². The number of aryl methyl sites for hydroxylation is 2. The van der Waals surface area contributed by atoms with Gasteiger partial charge < -0.3 is 0 Å². The van der Waals surface area contributed by atoms with Crippen molar-refractivity contribution in [1.29, 1.82) is 0 Å². The van der Waals surface area contributed by atoms with Gasteiger partial charge >= 0.3 is 0 Å². The van der Waals surface area contributed by atoms with Gasteiger partial charge in [-0.15, -0.1) is 0 Å². The van der Waals surface area contributed by atoms with Gasteiger partial charge in [-0.1, -0.05) is 58.4 Å². The van der Waals surface area contributed by atoms with E-state index < -0.39 is 0 Å². The molecule has 0 nitrogen and oxygen atoms in total. The molecule has 0 aliphatic rings. The van der Waals surface area contributed by atoms with Crippen LogP contribution in [0.25, 0.3) is 0 Å². The molecule has 0 aliphatic heterocycles.